The van der Waals surface area contributed by atoms with Gasteiger partial charge < -0.3 is 10.1 Å². The number of anilines is 1. The van der Waals surface area contributed by atoms with Gasteiger partial charge in [-0.1, -0.05) is 25.1 Å². The molecule has 1 heterocycles. The Bertz CT molecular complexity index is 352. The molecule has 1 aromatic rings. The number of ether oxygens (including phenoxy) is 1. The number of hydrogen-bond donors (Lipinski definition) is 1. The van der Waals surface area contributed by atoms with Crippen molar-refractivity contribution in [3.8, 4) is 0 Å². The fraction of sp³-hybridized carbons (Fsp3) is 0.462. The van der Waals surface area contributed by atoms with E-state index in [1.807, 2.05) is 30.3 Å². The Hall–Kier alpha value is -1.35. The minimum Gasteiger partial charge on any atom is -0.380 e. The van der Waals surface area contributed by atoms with Crippen LogP contribution in [-0.4, -0.2) is 19.1 Å². The van der Waals surface area contributed by atoms with Crippen LogP contribution in [-0.2, 0) is 9.53 Å². The molecule has 0 bridgehead atoms. The molecule has 3 nitrogen and oxygen atoms in total. The Kier molecular flexibility index (Phi) is 3.25. The molecule has 1 aliphatic rings. The minimum absolute atomic E-state index is 0.0800. The molecular weight excluding hydrogens is 202 g/mol. The van der Waals surface area contributed by atoms with Crippen LogP contribution in [0.1, 0.15) is 19.8 Å². The van der Waals surface area contributed by atoms with Crippen LogP contribution >= 0.6 is 0 Å². The molecule has 1 saturated heterocycles. The summed E-state index contributed by atoms with van der Waals surface area (Å²) in [5.74, 6) is 0.0800. The lowest BCUT2D eigenvalue weighted by atomic mass is 9.80. The third kappa shape index (κ3) is 2.42. The smallest absolute Gasteiger partial charge is 0.225 e. The van der Waals surface area contributed by atoms with Crippen LogP contribution in [0.25, 0.3) is 0 Å². The Labute approximate surface area is 95.8 Å². The van der Waals surface area contributed by atoms with Crippen molar-refractivity contribution in [2.75, 3.05) is 18.5 Å². The lowest BCUT2D eigenvalue weighted by Gasteiger charge is -2.40. The van der Waals surface area contributed by atoms with Crippen LogP contribution in [0.4, 0.5) is 5.69 Å². The monoisotopic (exact) mass is 219 g/mol. The molecule has 1 aliphatic heterocycles. The maximum Gasteiger partial charge on any atom is 0.225 e. The summed E-state index contributed by atoms with van der Waals surface area (Å²) in [5, 5.41) is 2.91. The van der Waals surface area contributed by atoms with Gasteiger partial charge in [0.05, 0.1) is 13.2 Å². The van der Waals surface area contributed by atoms with Crippen LogP contribution in [0.3, 0.4) is 0 Å². The van der Waals surface area contributed by atoms with Crippen LogP contribution in [0.2, 0.25) is 0 Å². The summed E-state index contributed by atoms with van der Waals surface area (Å²) in [6.07, 6.45) is 1.55. The van der Waals surface area contributed by atoms with Crippen LogP contribution in [0.5, 0.6) is 0 Å². The molecular formula is C13H17NO2. The molecule has 0 aromatic heterocycles. The highest BCUT2D eigenvalue weighted by atomic mass is 16.5. The standard InChI is InChI=1S/C13H17NO2/c1-2-13(9-16-10-13)8-12(15)14-11-6-4-3-5-7-11/h3-7H,2,8-10H2,1H3,(H,14,15). The molecule has 3 heteroatoms. The summed E-state index contributed by atoms with van der Waals surface area (Å²) in [4.78, 5) is 11.8. The number of para-hydroxylation sites is 1. The van der Waals surface area contributed by atoms with E-state index in [9.17, 15) is 4.79 Å². The first kappa shape index (κ1) is 11.1. The topological polar surface area (TPSA) is 38.3 Å². The lowest BCUT2D eigenvalue weighted by molar-refractivity contribution is -0.140. The molecule has 0 atom stereocenters. The molecule has 1 fully saturated rings. The second-order valence-corrected chi connectivity index (χ2v) is 4.44. The Morgan fingerprint density at radius 2 is 2.06 bits per heavy atom. The Balaban J connectivity index is 1.89. The van der Waals surface area contributed by atoms with Gasteiger partial charge >= 0.3 is 0 Å². The predicted molar refractivity (Wildman–Crippen MR) is 63.2 cm³/mol. The van der Waals surface area contributed by atoms with E-state index in [1.165, 1.54) is 0 Å². The van der Waals surface area contributed by atoms with Gasteiger partial charge in [0.1, 0.15) is 0 Å². The SMILES string of the molecule is CCC1(CC(=O)Nc2ccccc2)COC1. The second kappa shape index (κ2) is 4.66. The third-order valence-corrected chi connectivity index (χ3v) is 3.16. The molecule has 0 saturated carbocycles. The fourth-order valence-electron chi connectivity index (χ4n) is 1.89. The first-order valence-corrected chi connectivity index (χ1v) is 5.67. The second-order valence-electron chi connectivity index (χ2n) is 4.44. The number of carbonyl (C=O) groups is 1. The predicted octanol–water partition coefficient (Wildman–Crippen LogP) is 2.44. The van der Waals surface area contributed by atoms with Crippen molar-refractivity contribution < 1.29 is 9.53 Å². The Morgan fingerprint density at radius 3 is 2.56 bits per heavy atom. The zero-order valence-corrected chi connectivity index (χ0v) is 9.53. The number of hydrogen-bond acceptors (Lipinski definition) is 2. The van der Waals surface area contributed by atoms with Gasteiger partial charge in [-0.3, -0.25) is 4.79 Å². The van der Waals surface area contributed by atoms with Crippen molar-refractivity contribution in [1.29, 1.82) is 0 Å². The summed E-state index contributed by atoms with van der Waals surface area (Å²) in [6.45, 7) is 3.54. The Morgan fingerprint density at radius 1 is 1.38 bits per heavy atom. The highest BCUT2D eigenvalue weighted by Gasteiger charge is 2.38. The quantitative estimate of drug-likeness (QED) is 0.844. The van der Waals surface area contributed by atoms with Gasteiger partial charge in [-0.2, -0.15) is 0 Å². The number of benzene rings is 1. The number of nitrogens with one attached hydrogen (secondary N) is 1. The van der Waals surface area contributed by atoms with E-state index in [4.69, 9.17) is 4.74 Å². The van der Waals surface area contributed by atoms with E-state index in [-0.39, 0.29) is 11.3 Å². The van der Waals surface area contributed by atoms with Crippen LogP contribution in [0.15, 0.2) is 30.3 Å². The van der Waals surface area contributed by atoms with E-state index < -0.39 is 0 Å². The van der Waals surface area contributed by atoms with E-state index in [0.29, 0.717) is 19.6 Å². The fourth-order valence-corrected chi connectivity index (χ4v) is 1.89. The van der Waals surface area contributed by atoms with E-state index in [2.05, 4.69) is 12.2 Å². The highest BCUT2D eigenvalue weighted by Crippen LogP contribution is 2.35. The summed E-state index contributed by atoms with van der Waals surface area (Å²) < 4.78 is 5.20. The number of rotatable bonds is 4. The third-order valence-electron chi connectivity index (χ3n) is 3.16. The lowest BCUT2D eigenvalue weighted by Crippen LogP contribution is -2.44. The van der Waals surface area contributed by atoms with Crippen molar-refractivity contribution in [3.63, 3.8) is 0 Å². The zero-order valence-electron chi connectivity index (χ0n) is 9.53. The molecule has 16 heavy (non-hydrogen) atoms. The molecule has 1 aromatic carbocycles. The maximum absolute atomic E-state index is 11.8. The van der Waals surface area contributed by atoms with Gasteiger partial charge in [-0.25, -0.2) is 0 Å². The van der Waals surface area contributed by atoms with Crippen LogP contribution < -0.4 is 5.32 Å². The van der Waals surface area contributed by atoms with Gasteiger partial charge in [0.15, 0.2) is 0 Å². The maximum atomic E-state index is 11.8. The van der Waals surface area contributed by atoms with E-state index in [0.717, 1.165) is 12.1 Å². The number of amides is 1. The molecule has 0 unspecified atom stereocenters. The highest BCUT2D eigenvalue weighted by molar-refractivity contribution is 5.91. The first-order chi connectivity index (χ1) is 7.74. The average Bonchev–Trinajstić information content (AvgIpc) is 2.25. The summed E-state index contributed by atoms with van der Waals surface area (Å²) in [6, 6.07) is 9.56. The van der Waals surface area contributed by atoms with Crippen LogP contribution in [0, 0.1) is 5.41 Å². The summed E-state index contributed by atoms with van der Waals surface area (Å²) in [5.41, 5.74) is 0.942. The first-order valence-electron chi connectivity index (χ1n) is 5.67. The number of carbonyl (C=O) groups excluding carboxylic acids is 1. The van der Waals surface area contributed by atoms with E-state index >= 15 is 0 Å². The molecule has 2 rings (SSSR count). The molecule has 1 N–H and O–H groups in total. The van der Waals surface area contributed by atoms with E-state index in [1.54, 1.807) is 0 Å². The van der Waals surface area contributed by atoms with Gasteiger partial charge in [0.25, 0.3) is 0 Å². The van der Waals surface area contributed by atoms with Crippen molar-refractivity contribution >= 4 is 11.6 Å². The van der Waals surface area contributed by atoms with Crippen molar-refractivity contribution in [1.82, 2.24) is 0 Å². The largest absolute Gasteiger partial charge is 0.380 e. The van der Waals surface area contributed by atoms with Crippen molar-refractivity contribution in [3.05, 3.63) is 30.3 Å². The summed E-state index contributed by atoms with van der Waals surface area (Å²) >= 11 is 0. The molecule has 0 spiro atoms. The van der Waals surface area contributed by atoms with Gasteiger partial charge in [0.2, 0.25) is 5.91 Å². The zero-order chi connectivity index (χ0) is 11.4. The minimum atomic E-state index is 0.0800. The summed E-state index contributed by atoms with van der Waals surface area (Å²) in [7, 11) is 0. The van der Waals surface area contributed by atoms with Crippen molar-refractivity contribution in [2.45, 2.75) is 19.8 Å². The molecule has 0 aliphatic carbocycles. The van der Waals surface area contributed by atoms with Gasteiger partial charge in [-0.05, 0) is 18.6 Å². The molecule has 1 amide bonds. The average molecular weight is 219 g/mol. The molecule has 0 radical (unpaired) electrons. The molecule has 86 valence electrons. The van der Waals surface area contributed by atoms with Gasteiger partial charge in [0, 0.05) is 17.5 Å². The van der Waals surface area contributed by atoms with Gasteiger partial charge in [-0.15, -0.1) is 0 Å². The normalized spacial score (nSPS) is 17.6. The van der Waals surface area contributed by atoms with Crippen molar-refractivity contribution in [2.24, 2.45) is 5.41 Å².